The Hall–Kier alpha value is -1.64. The van der Waals surface area contributed by atoms with Gasteiger partial charge in [-0.25, -0.2) is 13.4 Å². The average Bonchev–Trinajstić information content (AvgIpc) is 2.89. The van der Waals surface area contributed by atoms with E-state index in [-0.39, 0.29) is 4.90 Å². The quantitative estimate of drug-likeness (QED) is 0.723. The fraction of sp³-hybridized carbons (Fsp3) is 0.0714. The summed E-state index contributed by atoms with van der Waals surface area (Å²) in [6, 6.07) is 11.9. The number of para-hydroxylation sites is 1. The van der Waals surface area contributed by atoms with Crippen molar-refractivity contribution in [2.45, 2.75) is 4.90 Å². The molecule has 0 spiro atoms. The molecule has 5 nitrogen and oxygen atoms in total. The topological polar surface area (TPSA) is 68.3 Å². The number of thiazole rings is 1. The standard InChI is InChI=1S/C14H11BrN2O3S2/c1-20-11-3-2-4-12-13(11)16-14(21-12)17-22(18,19)10-7-5-9(15)6-8-10/h2-8H,1H3,(H,16,17). The first-order valence-electron chi connectivity index (χ1n) is 6.21. The fourth-order valence-corrected chi connectivity index (χ4v) is 4.30. The Morgan fingerprint density at radius 2 is 1.91 bits per heavy atom. The summed E-state index contributed by atoms with van der Waals surface area (Å²) in [4.78, 5) is 4.49. The molecule has 22 heavy (non-hydrogen) atoms. The molecular formula is C14H11BrN2O3S2. The zero-order valence-electron chi connectivity index (χ0n) is 11.4. The van der Waals surface area contributed by atoms with Gasteiger partial charge in [0, 0.05) is 4.47 Å². The minimum Gasteiger partial charge on any atom is -0.494 e. The van der Waals surface area contributed by atoms with Gasteiger partial charge in [0.05, 0.1) is 16.7 Å². The van der Waals surface area contributed by atoms with Gasteiger partial charge in [0.2, 0.25) is 0 Å². The summed E-state index contributed by atoms with van der Waals surface area (Å²) in [5.41, 5.74) is 0.642. The lowest BCUT2D eigenvalue weighted by Crippen LogP contribution is -2.12. The van der Waals surface area contributed by atoms with Crippen LogP contribution in [0.25, 0.3) is 10.2 Å². The van der Waals surface area contributed by atoms with E-state index in [1.54, 1.807) is 25.3 Å². The third kappa shape index (κ3) is 2.94. The number of hydrogen-bond donors (Lipinski definition) is 1. The first-order chi connectivity index (χ1) is 10.5. The molecule has 2 aromatic carbocycles. The van der Waals surface area contributed by atoms with Gasteiger partial charge in [-0.3, -0.25) is 4.72 Å². The molecule has 0 amide bonds. The summed E-state index contributed by atoms with van der Waals surface area (Å²) in [5.74, 6) is 0.614. The predicted octanol–water partition coefficient (Wildman–Crippen LogP) is 3.87. The van der Waals surface area contributed by atoms with Gasteiger partial charge in [0.15, 0.2) is 5.13 Å². The summed E-state index contributed by atoms with van der Waals surface area (Å²) in [6.45, 7) is 0. The van der Waals surface area contributed by atoms with E-state index in [4.69, 9.17) is 4.74 Å². The summed E-state index contributed by atoms with van der Waals surface area (Å²) in [6.07, 6.45) is 0. The number of nitrogens with zero attached hydrogens (tertiary/aromatic N) is 1. The van der Waals surface area contributed by atoms with Crippen molar-refractivity contribution in [2.24, 2.45) is 0 Å². The minimum atomic E-state index is -3.66. The van der Waals surface area contributed by atoms with Gasteiger partial charge in [-0.05, 0) is 36.4 Å². The minimum absolute atomic E-state index is 0.182. The maximum atomic E-state index is 12.4. The highest BCUT2D eigenvalue weighted by Gasteiger charge is 2.17. The number of sulfonamides is 1. The second-order valence-corrected chi connectivity index (χ2v) is 8.01. The molecule has 0 fully saturated rings. The third-order valence-corrected chi connectivity index (χ3v) is 5.90. The van der Waals surface area contributed by atoms with E-state index >= 15 is 0 Å². The number of fused-ring (bicyclic) bond motifs is 1. The molecule has 0 unspecified atom stereocenters. The zero-order valence-corrected chi connectivity index (χ0v) is 14.6. The summed E-state index contributed by atoms with van der Waals surface area (Å²) in [5, 5.41) is 0.308. The van der Waals surface area contributed by atoms with E-state index in [0.717, 1.165) is 9.17 Å². The molecule has 0 bridgehead atoms. The van der Waals surface area contributed by atoms with Crippen LogP contribution in [0.2, 0.25) is 0 Å². The number of ether oxygens (including phenoxy) is 1. The number of aromatic nitrogens is 1. The largest absolute Gasteiger partial charge is 0.494 e. The molecular weight excluding hydrogens is 388 g/mol. The second kappa shape index (κ2) is 5.86. The lowest BCUT2D eigenvalue weighted by molar-refractivity contribution is 0.419. The highest BCUT2D eigenvalue weighted by atomic mass is 79.9. The molecule has 0 atom stereocenters. The Bertz CT molecular complexity index is 921. The van der Waals surface area contributed by atoms with Crippen LogP contribution in [0.3, 0.4) is 0 Å². The molecule has 8 heteroatoms. The van der Waals surface area contributed by atoms with Crippen molar-refractivity contribution in [1.82, 2.24) is 4.98 Å². The molecule has 0 radical (unpaired) electrons. The number of nitrogens with one attached hydrogen (secondary N) is 1. The predicted molar refractivity (Wildman–Crippen MR) is 91.1 cm³/mol. The molecule has 0 aliphatic carbocycles. The number of halogens is 1. The fourth-order valence-electron chi connectivity index (χ4n) is 1.92. The smallest absolute Gasteiger partial charge is 0.263 e. The van der Waals surface area contributed by atoms with Gasteiger partial charge in [-0.1, -0.05) is 33.3 Å². The van der Waals surface area contributed by atoms with E-state index in [2.05, 4.69) is 25.6 Å². The Balaban J connectivity index is 1.97. The van der Waals surface area contributed by atoms with Crippen molar-refractivity contribution >= 4 is 52.6 Å². The van der Waals surface area contributed by atoms with Crippen LogP contribution in [0.5, 0.6) is 5.75 Å². The Labute approximate surface area is 140 Å². The molecule has 114 valence electrons. The molecule has 3 rings (SSSR count). The molecule has 1 aromatic heterocycles. The lowest BCUT2D eigenvalue weighted by atomic mass is 10.3. The zero-order chi connectivity index (χ0) is 15.7. The van der Waals surface area contributed by atoms with Crippen molar-refractivity contribution < 1.29 is 13.2 Å². The molecule has 0 saturated heterocycles. The van der Waals surface area contributed by atoms with Crippen LogP contribution in [0, 0.1) is 0 Å². The van der Waals surface area contributed by atoms with E-state index in [1.165, 1.54) is 23.5 Å². The van der Waals surface area contributed by atoms with Crippen LogP contribution in [0.1, 0.15) is 0 Å². The van der Waals surface area contributed by atoms with Crippen LogP contribution >= 0.6 is 27.3 Å². The highest BCUT2D eigenvalue weighted by molar-refractivity contribution is 9.10. The second-order valence-electron chi connectivity index (χ2n) is 4.39. The van der Waals surface area contributed by atoms with Crippen molar-refractivity contribution in [3.05, 3.63) is 46.9 Å². The molecule has 0 aliphatic rings. The number of rotatable bonds is 4. The van der Waals surface area contributed by atoms with E-state index in [0.29, 0.717) is 16.4 Å². The van der Waals surface area contributed by atoms with Crippen molar-refractivity contribution in [1.29, 1.82) is 0 Å². The van der Waals surface area contributed by atoms with Gasteiger partial charge < -0.3 is 4.74 Å². The maximum absolute atomic E-state index is 12.4. The van der Waals surface area contributed by atoms with E-state index in [1.807, 2.05) is 12.1 Å². The number of benzene rings is 2. The summed E-state index contributed by atoms with van der Waals surface area (Å²) < 4.78 is 34.1. The first kappa shape index (κ1) is 15.3. The van der Waals surface area contributed by atoms with Crippen molar-refractivity contribution in [3.63, 3.8) is 0 Å². The summed E-state index contributed by atoms with van der Waals surface area (Å²) in [7, 11) is -2.11. The van der Waals surface area contributed by atoms with Crippen LogP contribution in [0.4, 0.5) is 5.13 Å². The van der Waals surface area contributed by atoms with Crippen molar-refractivity contribution in [3.8, 4) is 5.75 Å². The van der Waals surface area contributed by atoms with E-state index < -0.39 is 10.0 Å². The molecule has 1 heterocycles. The SMILES string of the molecule is COc1cccc2sc(NS(=O)(=O)c3ccc(Br)cc3)nc12. The lowest BCUT2D eigenvalue weighted by Gasteiger charge is -2.04. The van der Waals surface area contributed by atoms with Crippen LogP contribution in [-0.2, 0) is 10.0 Å². The van der Waals surface area contributed by atoms with Crippen molar-refractivity contribution in [2.75, 3.05) is 11.8 Å². The van der Waals surface area contributed by atoms with E-state index in [9.17, 15) is 8.42 Å². The third-order valence-electron chi connectivity index (χ3n) is 2.95. The van der Waals surface area contributed by atoms with Gasteiger partial charge in [0.25, 0.3) is 10.0 Å². The molecule has 3 aromatic rings. The number of anilines is 1. The van der Waals surface area contributed by atoms with Gasteiger partial charge in [-0.2, -0.15) is 0 Å². The Morgan fingerprint density at radius 1 is 1.18 bits per heavy atom. The summed E-state index contributed by atoms with van der Waals surface area (Å²) >= 11 is 4.54. The van der Waals surface area contributed by atoms with Crippen LogP contribution in [-0.4, -0.2) is 20.5 Å². The Morgan fingerprint density at radius 3 is 2.59 bits per heavy atom. The first-order valence-corrected chi connectivity index (χ1v) is 9.31. The average molecular weight is 399 g/mol. The van der Waals surface area contributed by atoms with Crippen LogP contribution < -0.4 is 9.46 Å². The van der Waals surface area contributed by atoms with Crippen LogP contribution in [0.15, 0.2) is 51.8 Å². The molecule has 1 N–H and O–H groups in total. The number of methoxy groups -OCH3 is 1. The number of hydrogen-bond acceptors (Lipinski definition) is 5. The van der Waals surface area contributed by atoms with Gasteiger partial charge in [0.1, 0.15) is 11.3 Å². The molecule has 0 aliphatic heterocycles. The monoisotopic (exact) mass is 398 g/mol. The maximum Gasteiger partial charge on any atom is 0.263 e. The normalized spacial score (nSPS) is 11.5. The van der Waals surface area contributed by atoms with Gasteiger partial charge >= 0.3 is 0 Å². The molecule has 0 saturated carbocycles. The Kier molecular flexibility index (Phi) is 4.07. The highest BCUT2D eigenvalue weighted by Crippen LogP contribution is 2.33. The van der Waals surface area contributed by atoms with Gasteiger partial charge in [-0.15, -0.1) is 0 Å².